The summed E-state index contributed by atoms with van der Waals surface area (Å²) in [6.45, 7) is 2.19. The van der Waals surface area contributed by atoms with Crippen LogP contribution in [-0.4, -0.2) is 0 Å². The van der Waals surface area contributed by atoms with E-state index in [1.54, 1.807) is 12.1 Å². The van der Waals surface area contributed by atoms with Crippen LogP contribution in [0.15, 0.2) is 48.5 Å². The van der Waals surface area contributed by atoms with Gasteiger partial charge in [-0.05, 0) is 65.8 Å². The lowest BCUT2D eigenvalue weighted by molar-refractivity contribution is -0.147. The van der Waals surface area contributed by atoms with Crippen LogP contribution >= 0.6 is 0 Å². The summed E-state index contributed by atoms with van der Waals surface area (Å²) in [6, 6.07) is 10.8. The Kier molecular flexibility index (Phi) is 4.92. The van der Waals surface area contributed by atoms with Gasteiger partial charge in [-0.3, -0.25) is 0 Å². The highest BCUT2D eigenvalue weighted by Crippen LogP contribution is 2.75. The molecule has 0 saturated heterocycles. The van der Waals surface area contributed by atoms with Crippen LogP contribution in [0.5, 0.6) is 0 Å². The van der Waals surface area contributed by atoms with Gasteiger partial charge in [-0.25, -0.2) is 22.0 Å². The van der Waals surface area contributed by atoms with Gasteiger partial charge in [0.25, 0.3) is 0 Å². The van der Waals surface area contributed by atoms with Crippen LogP contribution in [0.3, 0.4) is 0 Å². The molecule has 3 aliphatic rings. The fourth-order valence-electron chi connectivity index (χ4n) is 5.94. The van der Waals surface area contributed by atoms with Crippen molar-refractivity contribution in [3.05, 3.63) is 83.2 Å². The van der Waals surface area contributed by atoms with Crippen LogP contribution in [0.2, 0.25) is 0 Å². The molecule has 3 aromatic rings. The van der Waals surface area contributed by atoms with Crippen LogP contribution in [-0.2, 0) is 5.41 Å². The average Bonchev–Trinajstić information content (AvgIpc) is 2.71. The van der Waals surface area contributed by atoms with Crippen LogP contribution in [0, 0.1) is 34.5 Å². The van der Waals surface area contributed by atoms with E-state index in [9.17, 15) is 22.0 Å². The fraction of sp³-hybridized carbons (Fsp3) is 0.333. The first-order valence-electron chi connectivity index (χ1n) is 11.0. The summed E-state index contributed by atoms with van der Waals surface area (Å²) in [5.74, 6) is -6.56. The summed E-state index contributed by atoms with van der Waals surface area (Å²) >= 11 is 0. The van der Waals surface area contributed by atoms with E-state index in [1.807, 2.05) is 12.1 Å². The minimum absolute atomic E-state index is 0.152. The van der Waals surface area contributed by atoms with Gasteiger partial charge in [0.05, 0.1) is 5.56 Å². The average molecular weight is 442 g/mol. The highest BCUT2D eigenvalue weighted by atomic mass is 19.2. The maximum atomic E-state index is 14.9. The highest BCUT2D eigenvalue weighted by Gasteiger charge is 2.67. The standard InChI is InChI=1S/C27H23F5/c1-2-3-11-26-13-27(14-26,15-26)17-9-7-16(8-10-17)22-18(12-21(30)24(31)25(22)32)23-19(28)5-4-6-20(23)29/h4-10,12H,2-3,11,13-15H2,1H3. The third-order valence-electron chi connectivity index (χ3n) is 7.38. The number of rotatable bonds is 6. The Morgan fingerprint density at radius 1 is 0.750 bits per heavy atom. The van der Waals surface area contributed by atoms with Crippen LogP contribution in [0.25, 0.3) is 22.3 Å². The minimum atomic E-state index is -1.66. The summed E-state index contributed by atoms with van der Waals surface area (Å²) in [6.07, 6.45) is 7.11. The highest BCUT2D eigenvalue weighted by molar-refractivity contribution is 5.84. The van der Waals surface area contributed by atoms with Gasteiger partial charge >= 0.3 is 0 Å². The Morgan fingerprint density at radius 2 is 1.38 bits per heavy atom. The van der Waals surface area contributed by atoms with Crippen molar-refractivity contribution in [2.45, 2.75) is 50.9 Å². The Hall–Kier alpha value is -2.69. The topological polar surface area (TPSA) is 0 Å². The first-order chi connectivity index (χ1) is 15.3. The molecule has 32 heavy (non-hydrogen) atoms. The van der Waals surface area contributed by atoms with Crippen molar-refractivity contribution in [3.8, 4) is 22.3 Å². The SMILES string of the molecule is CCCCC12CC(c3ccc(-c4c(-c5c(F)cccc5F)cc(F)c(F)c4F)cc3)(C1)C2. The normalized spacial score (nSPS) is 23.6. The molecule has 0 N–H and O–H groups in total. The third kappa shape index (κ3) is 3.08. The minimum Gasteiger partial charge on any atom is -0.206 e. The lowest BCUT2D eigenvalue weighted by Gasteiger charge is -2.72. The summed E-state index contributed by atoms with van der Waals surface area (Å²) in [5.41, 5.74) is 0.721. The van der Waals surface area contributed by atoms with E-state index in [0.29, 0.717) is 11.5 Å². The van der Waals surface area contributed by atoms with Crippen molar-refractivity contribution >= 4 is 0 Å². The lowest BCUT2D eigenvalue weighted by atomic mass is 9.32. The molecule has 5 heteroatoms. The van der Waals surface area contributed by atoms with E-state index in [1.165, 1.54) is 19.3 Å². The van der Waals surface area contributed by atoms with Gasteiger partial charge in [-0.1, -0.05) is 50.1 Å². The second-order valence-corrected chi connectivity index (χ2v) is 9.50. The molecule has 0 spiro atoms. The molecule has 0 nitrogen and oxygen atoms in total. The molecular weight excluding hydrogens is 419 g/mol. The molecule has 0 radical (unpaired) electrons. The van der Waals surface area contributed by atoms with Crippen molar-refractivity contribution in [1.29, 1.82) is 0 Å². The summed E-state index contributed by atoms with van der Waals surface area (Å²) in [7, 11) is 0. The van der Waals surface area contributed by atoms with Crippen molar-refractivity contribution in [2.24, 2.45) is 5.41 Å². The van der Waals surface area contributed by atoms with Gasteiger partial charge < -0.3 is 0 Å². The monoisotopic (exact) mass is 442 g/mol. The van der Waals surface area contributed by atoms with E-state index in [2.05, 4.69) is 6.92 Å². The molecule has 0 aromatic heterocycles. The number of hydrogen-bond acceptors (Lipinski definition) is 0. The van der Waals surface area contributed by atoms with Crippen molar-refractivity contribution in [2.75, 3.05) is 0 Å². The largest absolute Gasteiger partial charge is 0.206 e. The molecule has 3 saturated carbocycles. The summed E-state index contributed by atoms with van der Waals surface area (Å²) < 4.78 is 71.9. The third-order valence-corrected chi connectivity index (χ3v) is 7.38. The summed E-state index contributed by atoms with van der Waals surface area (Å²) in [4.78, 5) is 0. The molecular formula is C27H23F5. The van der Waals surface area contributed by atoms with Gasteiger partial charge in [0.1, 0.15) is 11.6 Å². The Bertz CT molecular complexity index is 1160. The van der Waals surface area contributed by atoms with Crippen molar-refractivity contribution in [1.82, 2.24) is 0 Å². The molecule has 2 bridgehead atoms. The molecule has 3 aromatic carbocycles. The molecule has 0 amide bonds. The maximum Gasteiger partial charge on any atom is 0.195 e. The molecule has 6 rings (SSSR count). The van der Waals surface area contributed by atoms with Gasteiger partial charge in [0.2, 0.25) is 0 Å². The van der Waals surface area contributed by atoms with Gasteiger partial charge in [0, 0.05) is 11.1 Å². The molecule has 0 heterocycles. The molecule has 3 aliphatic carbocycles. The fourth-order valence-corrected chi connectivity index (χ4v) is 5.94. The van der Waals surface area contributed by atoms with Gasteiger partial charge in [-0.2, -0.15) is 0 Å². The first-order valence-corrected chi connectivity index (χ1v) is 11.0. The molecule has 0 aliphatic heterocycles. The molecule has 0 atom stereocenters. The van der Waals surface area contributed by atoms with Crippen LogP contribution < -0.4 is 0 Å². The van der Waals surface area contributed by atoms with Gasteiger partial charge in [0.15, 0.2) is 17.5 Å². The zero-order chi connectivity index (χ0) is 22.7. The lowest BCUT2D eigenvalue weighted by Crippen LogP contribution is -2.64. The van der Waals surface area contributed by atoms with E-state index < -0.39 is 34.6 Å². The molecule has 0 unspecified atom stereocenters. The van der Waals surface area contributed by atoms with Crippen molar-refractivity contribution in [3.63, 3.8) is 0 Å². The first kappa shape index (κ1) is 21.2. The van der Waals surface area contributed by atoms with Gasteiger partial charge in [-0.15, -0.1) is 0 Å². The molecule has 166 valence electrons. The van der Waals surface area contributed by atoms with Crippen molar-refractivity contribution < 1.29 is 22.0 Å². The number of halogens is 5. The number of unbranched alkanes of at least 4 members (excludes halogenated alkanes) is 1. The van der Waals surface area contributed by atoms with Crippen LogP contribution in [0.1, 0.15) is 51.0 Å². The van der Waals surface area contributed by atoms with E-state index in [0.717, 1.165) is 43.0 Å². The Labute approximate surface area is 184 Å². The Morgan fingerprint density at radius 3 is 1.97 bits per heavy atom. The molecule has 3 fully saturated rings. The predicted octanol–water partition coefficient (Wildman–Crippen LogP) is 8.33. The van der Waals surface area contributed by atoms with E-state index >= 15 is 0 Å². The Balaban J connectivity index is 1.53. The quantitative estimate of drug-likeness (QED) is 0.266. The zero-order valence-electron chi connectivity index (χ0n) is 17.8. The maximum absolute atomic E-state index is 14.9. The van der Waals surface area contributed by atoms with Crippen LogP contribution in [0.4, 0.5) is 22.0 Å². The number of hydrogen-bond donors (Lipinski definition) is 0. The zero-order valence-corrected chi connectivity index (χ0v) is 17.8. The smallest absolute Gasteiger partial charge is 0.195 e. The second-order valence-electron chi connectivity index (χ2n) is 9.50. The number of benzene rings is 3. The summed E-state index contributed by atoms with van der Waals surface area (Å²) in [5, 5.41) is 0. The van der Waals surface area contributed by atoms with E-state index in [-0.39, 0.29) is 22.1 Å². The predicted molar refractivity (Wildman–Crippen MR) is 115 cm³/mol. The van der Waals surface area contributed by atoms with E-state index in [4.69, 9.17) is 0 Å². The second kappa shape index (κ2) is 7.43.